The number of carbonyl (C=O) groups excluding carboxylic acids is 1. The Hall–Kier alpha value is -1.94. The number of benzene rings is 1. The highest BCUT2D eigenvalue weighted by molar-refractivity contribution is 6.05. The molecular formula is C17H20N2O2. The molecule has 1 saturated carbocycles. The lowest BCUT2D eigenvalue weighted by molar-refractivity contribution is 0.0816. The zero-order valence-electron chi connectivity index (χ0n) is 12.0. The number of nitrogens with zero attached hydrogens (tertiary/aromatic N) is 1. The van der Waals surface area contributed by atoms with Gasteiger partial charge in [0, 0.05) is 11.6 Å². The van der Waals surface area contributed by atoms with E-state index in [1.807, 2.05) is 30.3 Å². The summed E-state index contributed by atoms with van der Waals surface area (Å²) in [5.41, 5.74) is 0.435. The minimum Gasteiger partial charge on any atom is -0.391 e. The molecule has 1 aromatic heterocycles. The van der Waals surface area contributed by atoms with Gasteiger partial charge in [-0.15, -0.1) is 0 Å². The van der Waals surface area contributed by atoms with Gasteiger partial charge in [-0.25, -0.2) is 0 Å². The summed E-state index contributed by atoms with van der Waals surface area (Å²) in [6, 6.07) is 9.45. The lowest BCUT2D eigenvalue weighted by Crippen LogP contribution is -2.43. The van der Waals surface area contributed by atoms with Gasteiger partial charge >= 0.3 is 0 Å². The van der Waals surface area contributed by atoms with E-state index in [0.29, 0.717) is 5.69 Å². The summed E-state index contributed by atoms with van der Waals surface area (Å²) >= 11 is 0. The molecule has 110 valence electrons. The summed E-state index contributed by atoms with van der Waals surface area (Å²) in [5, 5.41) is 14.9. The maximum Gasteiger partial charge on any atom is 0.270 e. The topological polar surface area (TPSA) is 62.2 Å². The summed E-state index contributed by atoms with van der Waals surface area (Å²) in [4.78, 5) is 16.7. The van der Waals surface area contributed by atoms with Gasteiger partial charge in [-0.2, -0.15) is 0 Å². The lowest BCUT2D eigenvalue weighted by atomic mass is 10.0. The van der Waals surface area contributed by atoms with Crippen molar-refractivity contribution < 1.29 is 9.90 Å². The molecule has 4 heteroatoms. The van der Waals surface area contributed by atoms with E-state index < -0.39 is 6.10 Å². The van der Waals surface area contributed by atoms with Crippen LogP contribution >= 0.6 is 0 Å². The van der Waals surface area contributed by atoms with Crippen molar-refractivity contribution in [1.29, 1.82) is 0 Å². The molecule has 2 aromatic rings. The number of aliphatic hydroxyl groups is 1. The molecule has 1 amide bonds. The summed E-state index contributed by atoms with van der Waals surface area (Å²) in [5.74, 6) is -0.197. The Morgan fingerprint density at radius 1 is 1.14 bits per heavy atom. The number of carbonyl (C=O) groups is 1. The second kappa shape index (κ2) is 6.22. The molecule has 2 N–H and O–H groups in total. The van der Waals surface area contributed by atoms with Crippen LogP contribution in [0.2, 0.25) is 0 Å². The van der Waals surface area contributed by atoms with Crippen molar-refractivity contribution in [2.75, 3.05) is 0 Å². The van der Waals surface area contributed by atoms with Gasteiger partial charge in [0.1, 0.15) is 5.69 Å². The van der Waals surface area contributed by atoms with Crippen molar-refractivity contribution in [3.8, 4) is 0 Å². The molecule has 2 unspecified atom stereocenters. The number of nitrogens with one attached hydrogen (secondary N) is 1. The predicted octanol–water partition coefficient (Wildman–Crippen LogP) is 2.66. The van der Waals surface area contributed by atoms with Crippen molar-refractivity contribution >= 4 is 16.7 Å². The van der Waals surface area contributed by atoms with Crippen LogP contribution in [0.5, 0.6) is 0 Å². The van der Waals surface area contributed by atoms with Crippen molar-refractivity contribution in [3.63, 3.8) is 0 Å². The first-order valence-corrected chi connectivity index (χ1v) is 7.58. The molecule has 0 saturated heterocycles. The predicted molar refractivity (Wildman–Crippen MR) is 82.1 cm³/mol. The monoisotopic (exact) mass is 284 g/mol. The van der Waals surface area contributed by atoms with Crippen molar-refractivity contribution in [2.24, 2.45) is 0 Å². The van der Waals surface area contributed by atoms with E-state index in [9.17, 15) is 9.90 Å². The molecule has 21 heavy (non-hydrogen) atoms. The third kappa shape index (κ3) is 3.05. The van der Waals surface area contributed by atoms with Crippen LogP contribution in [0.15, 0.2) is 36.5 Å². The van der Waals surface area contributed by atoms with Crippen LogP contribution in [0.3, 0.4) is 0 Å². The minimum atomic E-state index is -0.452. The molecule has 1 aliphatic carbocycles. The van der Waals surface area contributed by atoms with Crippen LogP contribution in [0.25, 0.3) is 10.8 Å². The zero-order valence-corrected chi connectivity index (χ0v) is 12.0. The van der Waals surface area contributed by atoms with E-state index in [-0.39, 0.29) is 11.9 Å². The first kappa shape index (κ1) is 14.0. The largest absolute Gasteiger partial charge is 0.391 e. The average Bonchev–Trinajstić information content (AvgIpc) is 2.71. The fourth-order valence-electron chi connectivity index (χ4n) is 2.99. The molecule has 1 aromatic carbocycles. The third-order valence-corrected chi connectivity index (χ3v) is 4.18. The highest BCUT2D eigenvalue weighted by Crippen LogP contribution is 2.20. The van der Waals surface area contributed by atoms with Crippen LogP contribution in [0.4, 0.5) is 0 Å². The van der Waals surface area contributed by atoms with E-state index in [1.54, 1.807) is 6.20 Å². The van der Waals surface area contributed by atoms with Gasteiger partial charge in [0.25, 0.3) is 5.91 Å². The summed E-state index contributed by atoms with van der Waals surface area (Å²) in [6.07, 6.45) is 5.99. The van der Waals surface area contributed by atoms with Gasteiger partial charge < -0.3 is 10.4 Å². The normalized spacial score (nSPS) is 22.7. The third-order valence-electron chi connectivity index (χ3n) is 4.18. The molecule has 1 aliphatic rings. The Morgan fingerprint density at radius 2 is 1.95 bits per heavy atom. The number of fused-ring (bicyclic) bond motifs is 1. The Kier molecular flexibility index (Phi) is 4.15. The quantitative estimate of drug-likeness (QED) is 0.833. The second-order valence-corrected chi connectivity index (χ2v) is 5.67. The average molecular weight is 284 g/mol. The molecule has 0 bridgehead atoms. The van der Waals surface area contributed by atoms with Gasteiger partial charge in [-0.1, -0.05) is 43.5 Å². The molecular weight excluding hydrogens is 264 g/mol. The maximum atomic E-state index is 12.5. The van der Waals surface area contributed by atoms with Gasteiger partial charge in [0.15, 0.2) is 0 Å². The van der Waals surface area contributed by atoms with E-state index in [0.717, 1.165) is 42.9 Å². The number of aliphatic hydroxyl groups excluding tert-OH is 1. The minimum absolute atomic E-state index is 0.166. The van der Waals surface area contributed by atoms with Gasteiger partial charge in [-0.05, 0) is 24.3 Å². The van der Waals surface area contributed by atoms with Crippen molar-refractivity contribution in [3.05, 3.63) is 42.2 Å². The standard InChI is InChI=1S/C17H20N2O2/c20-15-9-3-1-2-8-14(15)19-17(21)16-13-7-5-4-6-12(13)10-11-18-16/h4-7,10-11,14-15,20H,1-3,8-9H2,(H,19,21). The second-order valence-electron chi connectivity index (χ2n) is 5.67. The van der Waals surface area contributed by atoms with Crippen LogP contribution in [0, 0.1) is 0 Å². The number of hydrogen-bond donors (Lipinski definition) is 2. The Morgan fingerprint density at radius 3 is 2.86 bits per heavy atom. The first-order valence-electron chi connectivity index (χ1n) is 7.58. The van der Waals surface area contributed by atoms with E-state index in [2.05, 4.69) is 10.3 Å². The summed E-state index contributed by atoms with van der Waals surface area (Å²) < 4.78 is 0. The SMILES string of the molecule is O=C(NC1CCCCCC1O)c1nccc2ccccc12. The highest BCUT2D eigenvalue weighted by Gasteiger charge is 2.24. The Balaban J connectivity index is 1.83. The molecule has 3 rings (SSSR count). The van der Waals surface area contributed by atoms with Crippen LogP contribution in [-0.2, 0) is 0 Å². The van der Waals surface area contributed by atoms with Crippen LogP contribution in [0.1, 0.15) is 42.6 Å². The summed E-state index contributed by atoms with van der Waals surface area (Å²) in [7, 11) is 0. The number of hydrogen-bond acceptors (Lipinski definition) is 3. The molecule has 2 atom stereocenters. The number of aromatic nitrogens is 1. The smallest absolute Gasteiger partial charge is 0.270 e. The van der Waals surface area contributed by atoms with Crippen LogP contribution in [-0.4, -0.2) is 28.1 Å². The fourth-order valence-corrected chi connectivity index (χ4v) is 2.99. The molecule has 4 nitrogen and oxygen atoms in total. The van der Waals surface area contributed by atoms with Crippen molar-refractivity contribution in [2.45, 2.75) is 44.2 Å². The number of pyridine rings is 1. The van der Waals surface area contributed by atoms with E-state index in [1.165, 1.54) is 0 Å². The molecule has 1 heterocycles. The molecule has 0 spiro atoms. The van der Waals surface area contributed by atoms with E-state index >= 15 is 0 Å². The van der Waals surface area contributed by atoms with E-state index in [4.69, 9.17) is 0 Å². The molecule has 0 aliphatic heterocycles. The highest BCUT2D eigenvalue weighted by atomic mass is 16.3. The maximum absolute atomic E-state index is 12.5. The fraction of sp³-hybridized carbons (Fsp3) is 0.412. The van der Waals surface area contributed by atoms with Gasteiger partial charge in [0.05, 0.1) is 12.1 Å². The Labute approximate surface area is 124 Å². The summed E-state index contributed by atoms with van der Waals surface area (Å²) in [6.45, 7) is 0. The van der Waals surface area contributed by atoms with Crippen LogP contribution < -0.4 is 5.32 Å². The first-order chi connectivity index (χ1) is 10.3. The number of amides is 1. The Bertz CT molecular complexity index is 636. The van der Waals surface area contributed by atoms with Gasteiger partial charge in [0.2, 0.25) is 0 Å². The lowest BCUT2D eigenvalue weighted by Gasteiger charge is -2.21. The molecule has 1 fully saturated rings. The zero-order chi connectivity index (χ0) is 14.7. The number of rotatable bonds is 2. The molecule has 0 radical (unpaired) electrons. The van der Waals surface area contributed by atoms with Crippen molar-refractivity contribution in [1.82, 2.24) is 10.3 Å². The van der Waals surface area contributed by atoms with Gasteiger partial charge in [-0.3, -0.25) is 9.78 Å².